The predicted molar refractivity (Wildman–Crippen MR) is 55.2 cm³/mol. The van der Waals surface area contributed by atoms with Crippen molar-refractivity contribution in [2.45, 2.75) is 12.5 Å². The molecule has 1 fully saturated rings. The van der Waals surface area contributed by atoms with Crippen LogP contribution in [-0.4, -0.2) is 54.4 Å². The van der Waals surface area contributed by atoms with Crippen LogP contribution in [0.25, 0.3) is 0 Å². The lowest BCUT2D eigenvalue weighted by atomic mass is 10.2. The lowest BCUT2D eigenvalue weighted by Crippen LogP contribution is -2.51. The maximum atomic E-state index is 11.3. The first-order valence-electron chi connectivity index (χ1n) is 4.55. The zero-order chi connectivity index (χ0) is 12.3. The number of terminal acetylenes is 1. The Morgan fingerprint density at radius 1 is 1.50 bits per heavy atom. The highest BCUT2D eigenvalue weighted by molar-refractivity contribution is 7.91. The molecule has 0 spiro atoms. The highest BCUT2D eigenvalue weighted by Crippen LogP contribution is 2.15. The maximum absolute atomic E-state index is 11.3. The summed E-state index contributed by atoms with van der Waals surface area (Å²) in [6, 6.07) is -0.861. The highest BCUT2D eigenvalue weighted by atomic mass is 32.2. The number of hydrogen-bond acceptors (Lipinski definition) is 4. The summed E-state index contributed by atoms with van der Waals surface area (Å²) in [6.45, 7) is -0.0384. The molecule has 7 heteroatoms. The molecule has 1 aliphatic heterocycles. The number of sulfone groups is 1. The van der Waals surface area contributed by atoms with Crippen LogP contribution in [-0.2, 0) is 19.4 Å². The van der Waals surface area contributed by atoms with Crippen LogP contribution < -0.4 is 0 Å². The fraction of sp³-hybridized carbons (Fsp3) is 0.556. The van der Waals surface area contributed by atoms with Crippen LogP contribution in [0.5, 0.6) is 0 Å². The minimum atomic E-state index is -3.28. The SMILES string of the molecule is C#CC(=O)N1CCS(=O)(=O)CC1CC(=O)O. The summed E-state index contributed by atoms with van der Waals surface area (Å²) >= 11 is 0. The molecule has 0 bridgehead atoms. The van der Waals surface area contributed by atoms with Crippen molar-refractivity contribution < 1.29 is 23.1 Å². The standard InChI is InChI=1S/C9H11NO5S/c1-2-8(11)10-3-4-16(14,15)6-7(10)5-9(12)13/h1,7H,3-6H2,(H,12,13). The maximum Gasteiger partial charge on any atom is 0.305 e. The Kier molecular flexibility index (Phi) is 3.55. The molecular formula is C9H11NO5S. The van der Waals surface area contributed by atoms with E-state index in [1.54, 1.807) is 0 Å². The third kappa shape index (κ3) is 2.97. The molecule has 1 rings (SSSR count). The van der Waals surface area contributed by atoms with Gasteiger partial charge in [-0.25, -0.2) is 8.42 Å². The first kappa shape index (κ1) is 12.5. The van der Waals surface area contributed by atoms with Crippen molar-refractivity contribution in [2.75, 3.05) is 18.1 Å². The largest absolute Gasteiger partial charge is 0.481 e. The van der Waals surface area contributed by atoms with Gasteiger partial charge >= 0.3 is 5.97 Å². The van der Waals surface area contributed by atoms with E-state index in [0.717, 1.165) is 4.90 Å². The molecule has 1 N–H and O–H groups in total. The molecule has 16 heavy (non-hydrogen) atoms. The molecular weight excluding hydrogens is 234 g/mol. The van der Waals surface area contributed by atoms with E-state index in [2.05, 4.69) is 0 Å². The molecule has 1 amide bonds. The Morgan fingerprint density at radius 2 is 2.12 bits per heavy atom. The molecule has 0 aromatic heterocycles. The van der Waals surface area contributed by atoms with Crippen molar-refractivity contribution >= 4 is 21.7 Å². The van der Waals surface area contributed by atoms with Crippen molar-refractivity contribution in [3.8, 4) is 12.3 Å². The van der Waals surface area contributed by atoms with Crippen LogP contribution in [0, 0.1) is 12.3 Å². The second-order valence-electron chi connectivity index (χ2n) is 3.51. The van der Waals surface area contributed by atoms with Crippen LogP contribution in [0.3, 0.4) is 0 Å². The van der Waals surface area contributed by atoms with Gasteiger partial charge in [-0.3, -0.25) is 9.59 Å². The molecule has 1 unspecified atom stereocenters. The van der Waals surface area contributed by atoms with Gasteiger partial charge in [0.2, 0.25) is 0 Å². The topological polar surface area (TPSA) is 91.8 Å². The van der Waals surface area contributed by atoms with Gasteiger partial charge in [0.1, 0.15) is 0 Å². The summed E-state index contributed by atoms with van der Waals surface area (Å²) in [5.74, 6) is -0.467. The zero-order valence-corrected chi connectivity index (χ0v) is 9.24. The van der Waals surface area contributed by atoms with Crippen molar-refractivity contribution in [3.05, 3.63) is 0 Å². The van der Waals surface area contributed by atoms with E-state index >= 15 is 0 Å². The molecule has 0 saturated carbocycles. The van der Waals surface area contributed by atoms with Crippen molar-refractivity contribution in [3.63, 3.8) is 0 Å². The lowest BCUT2D eigenvalue weighted by molar-refractivity contribution is -0.139. The van der Waals surface area contributed by atoms with E-state index in [9.17, 15) is 18.0 Å². The molecule has 0 radical (unpaired) electrons. The number of carbonyl (C=O) groups is 2. The van der Waals surface area contributed by atoms with Gasteiger partial charge in [-0.05, 0) is 5.92 Å². The van der Waals surface area contributed by atoms with Gasteiger partial charge < -0.3 is 10.0 Å². The van der Waals surface area contributed by atoms with Crippen LogP contribution in [0.2, 0.25) is 0 Å². The zero-order valence-electron chi connectivity index (χ0n) is 8.42. The van der Waals surface area contributed by atoms with Crippen LogP contribution in [0.4, 0.5) is 0 Å². The van der Waals surface area contributed by atoms with Gasteiger partial charge in [-0.1, -0.05) is 0 Å². The van der Waals surface area contributed by atoms with Gasteiger partial charge in [-0.2, -0.15) is 0 Å². The number of aliphatic carboxylic acids is 1. The number of carbonyl (C=O) groups excluding carboxylic acids is 1. The number of rotatable bonds is 2. The summed E-state index contributed by atoms with van der Waals surface area (Å²) < 4.78 is 22.6. The molecule has 0 aromatic carbocycles. The Bertz CT molecular complexity index is 447. The Hall–Kier alpha value is -1.55. The second-order valence-corrected chi connectivity index (χ2v) is 5.74. The molecule has 1 atom stereocenters. The summed E-state index contributed by atoms with van der Waals surface area (Å²) in [5.41, 5.74) is 0. The van der Waals surface area contributed by atoms with E-state index in [-0.39, 0.29) is 18.1 Å². The van der Waals surface area contributed by atoms with Crippen LogP contribution in [0.1, 0.15) is 6.42 Å². The predicted octanol–water partition coefficient (Wildman–Crippen LogP) is -1.28. The Labute approximate surface area is 93.2 Å². The monoisotopic (exact) mass is 245 g/mol. The van der Waals surface area contributed by atoms with Crippen LogP contribution >= 0.6 is 0 Å². The third-order valence-electron chi connectivity index (χ3n) is 2.32. The number of amides is 1. The molecule has 6 nitrogen and oxygen atoms in total. The smallest absolute Gasteiger partial charge is 0.305 e. The highest BCUT2D eigenvalue weighted by Gasteiger charge is 2.34. The normalized spacial score (nSPS) is 23.4. The van der Waals surface area contributed by atoms with Gasteiger partial charge in [0.15, 0.2) is 9.84 Å². The molecule has 88 valence electrons. The van der Waals surface area contributed by atoms with E-state index in [1.807, 2.05) is 5.92 Å². The van der Waals surface area contributed by atoms with E-state index in [0.29, 0.717) is 0 Å². The fourth-order valence-corrected chi connectivity index (χ4v) is 3.13. The minimum absolute atomic E-state index is 0.0384. The summed E-state index contributed by atoms with van der Waals surface area (Å²) in [6.07, 6.45) is 4.52. The number of hydrogen-bond donors (Lipinski definition) is 1. The number of carboxylic acids is 1. The Morgan fingerprint density at radius 3 is 2.62 bits per heavy atom. The van der Waals surface area contributed by atoms with Gasteiger partial charge in [-0.15, -0.1) is 6.42 Å². The molecule has 1 heterocycles. The summed E-state index contributed by atoms with van der Waals surface area (Å²) in [5, 5.41) is 8.62. The first-order valence-corrected chi connectivity index (χ1v) is 6.37. The van der Waals surface area contributed by atoms with Gasteiger partial charge in [0, 0.05) is 6.54 Å². The van der Waals surface area contributed by atoms with E-state index in [1.165, 1.54) is 0 Å². The fourth-order valence-electron chi connectivity index (χ4n) is 1.61. The quantitative estimate of drug-likeness (QED) is 0.612. The minimum Gasteiger partial charge on any atom is -0.481 e. The van der Waals surface area contributed by atoms with Crippen molar-refractivity contribution in [1.29, 1.82) is 0 Å². The summed E-state index contributed by atoms with van der Waals surface area (Å²) in [7, 11) is -3.28. The molecule has 1 saturated heterocycles. The third-order valence-corrected chi connectivity index (χ3v) is 4.02. The average molecular weight is 245 g/mol. The van der Waals surface area contributed by atoms with Gasteiger partial charge in [0.05, 0.1) is 24.0 Å². The van der Waals surface area contributed by atoms with Crippen molar-refractivity contribution in [1.82, 2.24) is 4.90 Å². The lowest BCUT2D eigenvalue weighted by Gasteiger charge is -2.33. The second kappa shape index (κ2) is 4.53. The Balaban J connectivity index is 2.89. The van der Waals surface area contributed by atoms with Gasteiger partial charge in [0.25, 0.3) is 5.91 Å². The van der Waals surface area contributed by atoms with Crippen molar-refractivity contribution in [2.24, 2.45) is 0 Å². The first-order chi connectivity index (χ1) is 7.35. The average Bonchev–Trinajstić information content (AvgIpc) is 2.14. The molecule has 1 aliphatic rings. The van der Waals surface area contributed by atoms with Crippen LogP contribution in [0.15, 0.2) is 0 Å². The number of nitrogens with zero attached hydrogens (tertiary/aromatic N) is 1. The number of carboxylic acid groups (broad SMARTS) is 1. The molecule has 0 aliphatic carbocycles. The molecule has 0 aromatic rings. The summed E-state index contributed by atoms with van der Waals surface area (Å²) in [4.78, 5) is 23.0. The van der Waals surface area contributed by atoms with E-state index < -0.39 is 34.2 Å². The van der Waals surface area contributed by atoms with E-state index in [4.69, 9.17) is 11.5 Å².